The molecule has 0 saturated carbocycles. The average molecular weight is 354 g/mol. The molecule has 3 N–H and O–H groups in total. The lowest BCUT2D eigenvalue weighted by atomic mass is 10.1. The van der Waals surface area contributed by atoms with Gasteiger partial charge in [0.2, 0.25) is 5.91 Å². The molecule has 26 heavy (non-hydrogen) atoms. The number of urea groups is 1. The Balaban J connectivity index is 1.97. The predicted molar refractivity (Wildman–Crippen MR) is 103 cm³/mol. The Morgan fingerprint density at radius 3 is 2.00 bits per heavy atom. The van der Waals surface area contributed by atoms with Gasteiger partial charge in [-0.3, -0.25) is 9.59 Å². The van der Waals surface area contributed by atoms with Crippen LogP contribution >= 0.6 is 0 Å². The van der Waals surface area contributed by atoms with Crippen LogP contribution in [0.2, 0.25) is 0 Å². The number of hydrogen-bond donors (Lipinski definition) is 3. The Morgan fingerprint density at radius 2 is 1.42 bits per heavy atom. The molecule has 2 aromatic carbocycles. The van der Waals surface area contributed by atoms with Gasteiger partial charge in [-0.2, -0.15) is 0 Å². The number of benzene rings is 2. The molecule has 7 nitrogen and oxygen atoms in total. The van der Waals surface area contributed by atoms with E-state index in [1.807, 2.05) is 14.1 Å². The van der Waals surface area contributed by atoms with Crippen molar-refractivity contribution >= 4 is 34.8 Å². The average Bonchev–Trinajstić information content (AvgIpc) is 2.55. The highest BCUT2D eigenvalue weighted by Crippen LogP contribution is 2.15. The molecule has 0 unspecified atom stereocenters. The molecule has 0 aliphatic carbocycles. The number of carbonyl (C=O) groups excluding carboxylic acids is 3. The molecule has 3 amide bonds. The first-order valence-corrected chi connectivity index (χ1v) is 8.07. The van der Waals surface area contributed by atoms with Gasteiger partial charge >= 0.3 is 6.03 Å². The summed E-state index contributed by atoms with van der Waals surface area (Å²) < 4.78 is 0. The highest BCUT2D eigenvalue weighted by atomic mass is 16.2. The zero-order valence-electron chi connectivity index (χ0n) is 15.0. The Morgan fingerprint density at radius 1 is 0.846 bits per heavy atom. The maximum Gasteiger partial charge on any atom is 0.323 e. The van der Waals surface area contributed by atoms with Gasteiger partial charge in [0.05, 0.1) is 6.54 Å². The number of carbonyl (C=O) groups is 3. The van der Waals surface area contributed by atoms with Crippen molar-refractivity contribution in [3.8, 4) is 0 Å². The van der Waals surface area contributed by atoms with Crippen LogP contribution < -0.4 is 16.0 Å². The zero-order chi connectivity index (χ0) is 19.1. The minimum atomic E-state index is -0.422. The van der Waals surface area contributed by atoms with Crippen molar-refractivity contribution in [1.29, 1.82) is 0 Å². The monoisotopic (exact) mass is 354 g/mol. The second-order valence-electron chi connectivity index (χ2n) is 6.08. The van der Waals surface area contributed by atoms with Gasteiger partial charge in [0, 0.05) is 29.5 Å². The van der Waals surface area contributed by atoms with Crippen molar-refractivity contribution in [2.24, 2.45) is 0 Å². The summed E-state index contributed by atoms with van der Waals surface area (Å²) in [5, 5.41) is 8.05. The fraction of sp³-hybridized carbons (Fsp3) is 0.211. The molecule has 0 bridgehead atoms. The first-order valence-electron chi connectivity index (χ1n) is 8.07. The molecule has 136 valence electrons. The molecular formula is C19H22N4O3. The maximum absolute atomic E-state index is 12.1. The number of hydrogen-bond acceptors (Lipinski definition) is 4. The van der Waals surface area contributed by atoms with Crippen molar-refractivity contribution in [3.05, 3.63) is 54.1 Å². The number of Topliss-reactive ketones (excluding diaryl/α,β-unsaturated/α-hetero) is 1. The number of anilines is 3. The second-order valence-corrected chi connectivity index (χ2v) is 6.08. The number of nitrogens with one attached hydrogen (secondary N) is 3. The van der Waals surface area contributed by atoms with E-state index in [0.717, 1.165) is 0 Å². The number of likely N-dealkylation sites (N-methyl/N-ethyl adjacent to an activating group) is 1. The molecule has 7 heteroatoms. The van der Waals surface area contributed by atoms with Crippen LogP contribution in [0, 0.1) is 0 Å². The van der Waals surface area contributed by atoms with Gasteiger partial charge in [-0.25, -0.2) is 4.79 Å². The number of nitrogens with zero attached hydrogens (tertiary/aromatic N) is 1. The van der Waals surface area contributed by atoms with Crippen LogP contribution in [0.5, 0.6) is 0 Å². The van der Waals surface area contributed by atoms with Crippen LogP contribution in [0.3, 0.4) is 0 Å². The Labute approximate surface area is 152 Å². The van der Waals surface area contributed by atoms with E-state index in [1.165, 1.54) is 6.92 Å². The van der Waals surface area contributed by atoms with Crippen LogP contribution in [0.15, 0.2) is 48.5 Å². The number of ketones is 1. The molecule has 0 aliphatic rings. The molecule has 0 saturated heterocycles. The molecule has 0 aliphatic heterocycles. The summed E-state index contributed by atoms with van der Waals surface area (Å²) in [6, 6.07) is 13.1. The van der Waals surface area contributed by atoms with Crippen molar-refractivity contribution < 1.29 is 14.4 Å². The van der Waals surface area contributed by atoms with Gasteiger partial charge in [0.1, 0.15) is 0 Å². The minimum Gasteiger partial charge on any atom is -0.326 e. The summed E-state index contributed by atoms with van der Waals surface area (Å²) in [6.07, 6.45) is 0. The second kappa shape index (κ2) is 8.77. The molecule has 0 atom stereocenters. The Kier molecular flexibility index (Phi) is 6.46. The lowest BCUT2D eigenvalue weighted by Crippen LogP contribution is -2.22. The maximum atomic E-state index is 12.1. The fourth-order valence-corrected chi connectivity index (χ4v) is 2.28. The van der Waals surface area contributed by atoms with E-state index in [-0.39, 0.29) is 11.7 Å². The summed E-state index contributed by atoms with van der Waals surface area (Å²) in [5.74, 6) is -0.181. The van der Waals surface area contributed by atoms with Crippen LogP contribution in [0.4, 0.5) is 21.9 Å². The van der Waals surface area contributed by atoms with Crippen LogP contribution in [0.1, 0.15) is 17.3 Å². The first-order chi connectivity index (χ1) is 12.3. The molecule has 2 aromatic rings. The van der Waals surface area contributed by atoms with Crippen LogP contribution in [-0.2, 0) is 4.79 Å². The van der Waals surface area contributed by atoms with Crippen LogP contribution in [0.25, 0.3) is 0 Å². The van der Waals surface area contributed by atoms with Gasteiger partial charge < -0.3 is 20.9 Å². The molecule has 0 heterocycles. The summed E-state index contributed by atoms with van der Waals surface area (Å²) >= 11 is 0. The lowest BCUT2D eigenvalue weighted by molar-refractivity contribution is -0.114. The third kappa shape index (κ3) is 6.03. The SMILES string of the molecule is CC(=O)Nc1ccc(NC(=O)Nc2cccc(C(=O)CN(C)C)c2)cc1. The Hall–Kier alpha value is -3.19. The smallest absolute Gasteiger partial charge is 0.323 e. The molecule has 2 rings (SSSR count). The highest BCUT2D eigenvalue weighted by molar-refractivity contribution is 6.02. The molecule has 0 fully saturated rings. The third-order valence-electron chi connectivity index (χ3n) is 3.37. The van der Waals surface area contributed by atoms with Gasteiger partial charge in [-0.05, 0) is 50.5 Å². The van der Waals surface area contributed by atoms with Crippen molar-refractivity contribution in [1.82, 2.24) is 4.90 Å². The van der Waals surface area contributed by atoms with E-state index in [1.54, 1.807) is 53.4 Å². The summed E-state index contributed by atoms with van der Waals surface area (Å²) in [5.41, 5.74) is 2.30. The van der Waals surface area contributed by atoms with Crippen molar-refractivity contribution in [2.45, 2.75) is 6.92 Å². The van der Waals surface area contributed by atoms with E-state index >= 15 is 0 Å². The summed E-state index contributed by atoms with van der Waals surface area (Å²) in [7, 11) is 3.65. The Bertz CT molecular complexity index is 801. The van der Waals surface area contributed by atoms with E-state index in [9.17, 15) is 14.4 Å². The van der Waals surface area contributed by atoms with Gasteiger partial charge in [-0.1, -0.05) is 12.1 Å². The molecule has 0 spiro atoms. The van der Waals surface area contributed by atoms with E-state index in [0.29, 0.717) is 29.2 Å². The topological polar surface area (TPSA) is 90.5 Å². The minimum absolute atomic E-state index is 0.0207. The fourth-order valence-electron chi connectivity index (χ4n) is 2.28. The first kappa shape index (κ1) is 19.1. The van der Waals surface area contributed by atoms with Gasteiger partial charge in [0.25, 0.3) is 0 Å². The lowest BCUT2D eigenvalue weighted by Gasteiger charge is -2.11. The molecule has 0 radical (unpaired) electrons. The molecule has 0 aromatic heterocycles. The van der Waals surface area contributed by atoms with Gasteiger partial charge in [-0.15, -0.1) is 0 Å². The standard InChI is InChI=1S/C19H22N4O3/c1-13(24)20-15-7-9-16(10-8-15)21-19(26)22-17-6-4-5-14(11-17)18(25)12-23(2)3/h4-11H,12H2,1-3H3,(H,20,24)(H2,21,22,26). The quantitative estimate of drug-likeness (QED) is 0.696. The number of rotatable bonds is 6. The normalized spacial score (nSPS) is 10.3. The summed E-state index contributed by atoms with van der Waals surface area (Å²) in [4.78, 5) is 37.0. The van der Waals surface area contributed by atoms with Crippen molar-refractivity contribution in [2.75, 3.05) is 36.6 Å². The van der Waals surface area contributed by atoms with E-state index in [2.05, 4.69) is 16.0 Å². The third-order valence-corrected chi connectivity index (χ3v) is 3.37. The predicted octanol–water partition coefficient (Wildman–Crippen LogP) is 3.03. The van der Waals surface area contributed by atoms with E-state index < -0.39 is 6.03 Å². The summed E-state index contributed by atoms with van der Waals surface area (Å²) in [6.45, 7) is 1.73. The largest absolute Gasteiger partial charge is 0.326 e. The van der Waals surface area contributed by atoms with Crippen molar-refractivity contribution in [3.63, 3.8) is 0 Å². The van der Waals surface area contributed by atoms with E-state index in [4.69, 9.17) is 0 Å². The molecular weight excluding hydrogens is 332 g/mol. The highest BCUT2D eigenvalue weighted by Gasteiger charge is 2.09. The zero-order valence-corrected chi connectivity index (χ0v) is 15.0. The van der Waals surface area contributed by atoms with Gasteiger partial charge in [0.15, 0.2) is 5.78 Å². The van der Waals surface area contributed by atoms with Crippen LogP contribution in [-0.4, -0.2) is 43.3 Å². The number of amides is 3.